The summed E-state index contributed by atoms with van der Waals surface area (Å²) in [5.74, 6) is 1.73. The number of rotatable bonds is 4. The number of anilines is 3. The largest absolute Gasteiger partial charge is 0.454 e. The quantitative estimate of drug-likeness (QED) is 0.189. The number of fused-ring (bicyclic) bond motifs is 9. The average Bonchev–Trinajstić information content (AvgIpc) is 3.59. The highest BCUT2D eigenvalue weighted by Gasteiger charge is 2.42. The van der Waals surface area contributed by atoms with Gasteiger partial charge in [0.2, 0.25) is 5.95 Å². The van der Waals surface area contributed by atoms with Crippen molar-refractivity contribution in [2.45, 2.75) is 19.3 Å². The molecule has 0 saturated carbocycles. The summed E-state index contributed by atoms with van der Waals surface area (Å²) in [4.78, 5) is 18.0. The zero-order valence-electron chi connectivity index (χ0n) is 28.2. The lowest BCUT2D eigenvalue weighted by Crippen LogP contribution is -2.32. The van der Waals surface area contributed by atoms with Gasteiger partial charge in [0, 0.05) is 27.3 Å². The molecule has 9 aromatic rings. The lowest BCUT2D eigenvalue weighted by Gasteiger charge is -2.41. The number of hydrogen-bond acceptors (Lipinski definition) is 5. The number of para-hydroxylation sites is 2. The fraction of sp³-hybridized carbons (Fsp3) is 0.0652. The van der Waals surface area contributed by atoms with E-state index in [9.17, 15) is 0 Å². The number of nitrogens with zero attached hydrogens (tertiary/aromatic N) is 4. The van der Waals surface area contributed by atoms with Crippen LogP contribution >= 0.6 is 0 Å². The van der Waals surface area contributed by atoms with Crippen molar-refractivity contribution in [2.24, 2.45) is 0 Å². The van der Waals surface area contributed by atoms with Crippen LogP contribution in [0.1, 0.15) is 25.0 Å². The summed E-state index contributed by atoms with van der Waals surface area (Å²) in [5, 5.41) is 4.53. The third kappa shape index (κ3) is 4.51. The van der Waals surface area contributed by atoms with Crippen molar-refractivity contribution in [1.29, 1.82) is 0 Å². The van der Waals surface area contributed by atoms with Crippen molar-refractivity contribution >= 4 is 50.0 Å². The van der Waals surface area contributed by atoms with Crippen LogP contribution in [0.5, 0.6) is 0 Å². The van der Waals surface area contributed by atoms with E-state index >= 15 is 0 Å². The standard InChI is InChI=1S/C46H32N4O/c1-46(2)36-25-12-13-26-37(36)50(41-40(46)34-23-10-9-22-33(34)39-35-24-11-14-27-38(35)51-42(39)41)45-48-43(30-18-7-4-8-19-30)47-44(49-45)32-21-15-20-31(28-32)29-16-5-3-6-17-29/h3-28H,1-2H3. The number of benzene rings is 7. The van der Waals surface area contributed by atoms with E-state index in [1.54, 1.807) is 0 Å². The van der Waals surface area contributed by atoms with Crippen LogP contribution in [0.3, 0.4) is 0 Å². The van der Waals surface area contributed by atoms with Crippen molar-refractivity contribution in [3.05, 3.63) is 169 Å². The van der Waals surface area contributed by atoms with Gasteiger partial charge in [-0.05, 0) is 51.2 Å². The molecule has 51 heavy (non-hydrogen) atoms. The molecule has 1 aliphatic heterocycles. The van der Waals surface area contributed by atoms with E-state index in [0.29, 0.717) is 17.6 Å². The number of hydrogen-bond donors (Lipinski definition) is 0. The van der Waals surface area contributed by atoms with Crippen LogP contribution in [0.2, 0.25) is 0 Å². The van der Waals surface area contributed by atoms with Crippen molar-refractivity contribution in [1.82, 2.24) is 15.0 Å². The zero-order chi connectivity index (χ0) is 34.1. The molecule has 0 spiro atoms. The predicted octanol–water partition coefficient (Wildman–Crippen LogP) is 12.0. The van der Waals surface area contributed by atoms with Gasteiger partial charge in [-0.15, -0.1) is 0 Å². The maximum absolute atomic E-state index is 6.90. The van der Waals surface area contributed by atoms with Gasteiger partial charge in [-0.25, -0.2) is 4.98 Å². The average molecular weight is 657 g/mol. The van der Waals surface area contributed by atoms with Crippen LogP contribution in [-0.2, 0) is 5.41 Å². The summed E-state index contributed by atoms with van der Waals surface area (Å²) in [7, 11) is 0. The molecule has 2 aromatic heterocycles. The predicted molar refractivity (Wildman–Crippen MR) is 208 cm³/mol. The van der Waals surface area contributed by atoms with Crippen molar-refractivity contribution in [2.75, 3.05) is 4.90 Å². The topological polar surface area (TPSA) is 55.1 Å². The molecule has 5 nitrogen and oxygen atoms in total. The molecule has 0 amide bonds. The molecule has 0 unspecified atom stereocenters. The lowest BCUT2D eigenvalue weighted by atomic mass is 9.71. The van der Waals surface area contributed by atoms with E-state index < -0.39 is 0 Å². The number of aromatic nitrogens is 3. The van der Waals surface area contributed by atoms with Gasteiger partial charge < -0.3 is 4.42 Å². The van der Waals surface area contributed by atoms with Gasteiger partial charge >= 0.3 is 0 Å². The van der Waals surface area contributed by atoms with E-state index in [1.807, 2.05) is 30.3 Å². The highest BCUT2D eigenvalue weighted by molar-refractivity contribution is 6.25. The normalized spacial score (nSPS) is 13.4. The molecule has 3 heterocycles. The van der Waals surface area contributed by atoms with Crippen molar-refractivity contribution in [3.8, 4) is 33.9 Å². The second-order valence-electron chi connectivity index (χ2n) is 13.6. The van der Waals surface area contributed by atoms with E-state index in [-0.39, 0.29) is 5.41 Å². The minimum atomic E-state index is -0.364. The SMILES string of the molecule is CC1(C)c2ccccc2N(c2nc(-c3ccccc3)nc(-c3cccc(-c4ccccc4)c3)n2)c2c1c1ccccc1c1c2oc2ccccc21. The lowest BCUT2D eigenvalue weighted by molar-refractivity contribution is 0.627. The van der Waals surface area contributed by atoms with Crippen LogP contribution in [-0.4, -0.2) is 15.0 Å². The highest BCUT2D eigenvalue weighted by Crippen LogP contribution is 2.57. The Balaban J connectivity index is 1.32. The molecule has 10 rings (SSSR count). The molecule has 0 radical (unpaired) electrons. The number of furan rings is 1. The summed E-state index contributed by atoms with van der Waals surface area (Å²) in [6, 6.07) is 54.6. The molecule has 0 atom stereocenters. The van der Waals surface area contributed by atoms with E-state index in [2.05, 4.69) is 146 Å². The highest BCUT2D eigenvalue weighted by atomic mass is 16.3. The van der Waals surface area contributed by atoms with Gasteiger partial charge in [-0.3, -0.25) is 4.90 Å². The van der Waals surface area contributed by atoms with Crippen molar-refractivity contribution in [3.63, 3.8) is 0 Å². The molecule has 0 fully saturated rings. The first-order valence-electron chi connectivity index (χ1n) is 17.3. The monoisotopic (exact) mass is 656 g/mol. The Kier molecular flexibility index (Phi) is 6.46. The molecule has 0 aliphatic carbocycles. The van der Waals surface area contributed by atoms with Gasteiger partial charge in [0.15, 0.2) is 17.2 Å². The Labute approximate surface area is 295 Å². The van der Waals surface area contributed by atoms with Gasteiger partial charge in [-0.1, -0.05) is 153 Å². The summed E-state index contributed by atoms with van der Waals surface area (Å²) in [6.45, 7) is 4.62. The third-order valence-corrected chi connectivity index (χ3v) is 10.3. The molecule has 0 bridgehead atoms. The van der Waals surface area contributed by atoms with Crippen molar-refractivity contribution < 1.29 is 4.42 Å². The molecular formula is C46H32N4O. The molecule has 7 aromatic carbocycles. The van der Waals surface area contributed by atoms with Crippen LogP contribution in [0.25, 0.3) is 66.6 Å². The Morgan fingerprint density at radius 1 is 0.510 bits per heavy atom. The first-order valence-corrected chi connectivity index (χ1v) is 17.3. The molecule has 0 N–H and O–H groups in total. The van der Waals surface area contributed by atoms with Crippen LogP contribution in [0.4, 0.5) is 17.3 Å². The van der Waals surface area contributed by atoms with Gasteiger partial charge in [-0.2, -0.15) is 9.97 Å². The molecule has 1 aliphatic rings. The Morgan fingerprint density at radius 3 is 1.88 bits per heavy atom. The van der Waals surface area contributed by atoms with Gasteiger partial charge in [0.25, 0.3) is 0 Å². The maximum atomic E-state index is 6.90. The van der Waals surface area contributed by atoms with Crippen LogP contribution < -0.4 is 4.90 Å². The third-order valence-electron chi connectivity index (χ3n) is 10.3. The van der Waals surface area contributed by atoms with E-state index in [1.165, 1.54) is 21.9 Å². The van der Waals surface area contributed by atoms with Gasteiger partial charge in [0.1, 0.15) is 5.58 Å². The molecular weight excluding hydrogens is 625 g/mol. The fourth-order valence-electron chi connectivity index (χ4n) is 7.92. The minimum Gasteiger partial charge on any atom is -0.454 e. The van der Waals surface area contributed by atoms with Crippen LogP contribution in [0, 0.1) is 0 Å². The Morgan fingerprint density at radius 2 is 1.10 bits per heavy atom. The fourth-order valence-corrected chi connectivity index (χ4v) is 7.92. The molecule has 0 saturated heterocycles. The summed E-state index contributed by atoms with van der Waals surface area (Å²) in [6.07, 6.45) is 0. The second-order valence-corrected chi connectivity index (χ2v) is 13.6. The molecule has 242 valence electrons. The van der Waals surface area contributed by atoms with Gasteiger partial charge in [0.05, 0.1) is 11.4 Å². The first kappa shape index (κ1) is 29.3. The van der Waals surface area contributed by atoms with E-state index in [0.717, 1.165) is 55.6 Å². The Bertz CT molecular complexity index is 2790. The zero-order valence-corrected chi connectivity index (χ0v) is 28.2. The first-order chi connectivity index (χ1) is 25.1. The van der Waals surface area contributed by atoms with Crippen LogP contribution in [0.15, 0.2) is 162 Å². The molecule has 5 heteroatoms. The smallest absolute Gasteiger partial charge is 0.238 e. The van der Waals surface area contributed by atoms with E-state index in [4.69, 9.17) is 19.4 Å². The maximum Gasteiger partial charge on any atom is 0.238 e. The minimum absolute atomic E-state index is 0.364. The Hall–Kier alpha value is -6.59. The summed E-state index contributed by atoms with van der Waals surface area (Å²) >= 11 is 0. The summed E-state index contributed by atoms with van der Waals surface area (Å²) in [5.41, 5.74) is 9.71. The second kappa shape index (κ2) is 11.2. The summed E-state index contributed by atoms with van der Waals surface area (Å²) < 4.78 is 6.90.